The molecule has 0 spiro atoms. The Labute approximate surface area is 207 Å². The summed E-state index contributed by atoms with van der Waals surface area (Å²) in [6.07, 6.45) is 0.712. The van der Waals surface area contributed by atoms with Crippen molar-refractivity contribution in [1.82, 2.24) is 26.2 Å². The average Bonchev–Trinajstić information content (AvgIpc) is 3.43. The summed E-state index contributed by atoms with van der Waals surface area (Å²) < 4.78 is 11.2. The summed E-state index contributed by atoms with van der Waals surface area (Å²) in [4.78, 5) is 50.4. The van der Waals surface area contributed by atoms with Crippen molar-refractivity contribution >= 4 is 35.2 Å². The second-order valence-electron chi connectivity index (χ2n) is 8.35. The lowest BCUT2D eigenvalue weighted by molar-refractivity contribution is -0.132. The van der Waals surface area contributed by atoms with Gasteiger partial charge < -0.3 is 25.1 Å². The minimum atomic E-state index is -1.64. The molecule has 0 bridgehead atoms. The Kier molecular flexibility index (Phi) is 6.93. The van der Waals surface area contributed by atoms with Crippen molar-refractivity contribution in [3.63, 3.8) is 0 Å². The van der Waals surface area contributed by atoms with E-state index in [2.05, 4.69) is 21.3 Å². The second-order valence-corrected chi connectivity index (χ2v) is 8.35. The first kappa shape index (κ1) is 24.7. The molecule has 1 aliphatic rings. The van der Waals surface area contributed by atoms with Crippen LogP contribution in [0.1, 0.15) is 34.2 Å². The van der Waals surface area contributed by atoms with Crippen molar-refractivity contribution in [3.8, 4) is 5.75 Å². The van der Waals surface area contributed by atoms with Gasteiger partial charge in [-0.05, 0) is 55.4 Å². The highest BCUT2D eigenvalue weighted by Gasteiger charge is 2.53. The molecule has 1 aliphatic heterocycles. The highest BCUT2D eigenvalue weighted by Crippen LogP contribution is 2.34. The fraction of sp³-hybridized carbons (Fsp3) is 0.280. The van der Waals surface area contributed by atoms with Crippen LogP contribution < -0.4 is 26.0 Å². The number of carbonyl (C=O) groups is 4. The minimum Gasteiger partial charge on any atom is -0.497 e. The number of likely N-dealkylation sites (N-methyl/N-ethyl adjacent to an activating group) is 1. The number of carbonyl (C=O) groups excluding carboxylic acids is 4. The van der Waals surface area contributed by atoms with Crippen molar-refractivity contribution < 1.29 is 28.3 Å². The van der Waals surface area contributed by atoms with Crippen LogP contribution in [0.4, 0.5) is 9.59 Å². The van der Waals surface area contributed by atoms with Crippen molar-refractivity contribution in [1.29, 1.82) is 0 Å². The highest BCUT2D eigenvalue weighted by atomic mass is 16.5. The summed E-state index contributed by atoms with van der Waals surface area (Å²) in [7, 11) is 3.16. The number of methoxy groups -OCH3 is 1. The molecule has 1 unspecified atom stereocenters. The fourth-order valence-electron chi connectivity index (χ4n) is 4.19. The van der Waals surface area contributed by atoms with Crippen LogP contribution in [0.5, 0.6) is 5.75 Å². The lowest BCUT2D eigenvalue weighted by Crippen LogP contribution is -2.55. The molecule has 2 aromatic carbocycles. The molecule has 0 radical (unpaired) electrons. The smallest absolute Gasteiger partial charge is 0.323 e. The lowest BCUT2D eigenvalue weighted by Gasteiger charge is -2.34. The Hall–Kier alpha value is -4.38. The van der Waals surface area contributed by atoms with Crippen LogP contribution in [0.25, 0.3) is 11.0 Å². The maximum Gasteiger partial charge on any atom is 0.323 e. The van der Waals surface area contributed by atoms with E-state index in [0.29, 0.717) is 47.2 Å². The molecule has 5 amide bonds. The Bertz CT molecular complexity index is 1340. The predicted molar refractivity (Wildman–Crippen MR) is 130 cm³/mol. The quantitative estimate of drug-likeness (QED) is 0.264. The third-order valence-electron chi connectivity index (χ3n) is 6.04. The van der Waals surface area contributed by atoms with E-state index in [4.69, 9.17) is 9.15 Å². The van der Waals surface area contributed by atoms with Crippen molar-refractivity contribution in [3.05, 3.63) is 64.9 Å². The van der Waals surface area contributed by atoms with Gasteiger partial charge in [0, 0.05) is 30.6 Å². The van der Waals surface area contributed by atoms with Crippen LogP contribution >= 0.6 is 0 Å². The third kappa shape index (κ3) is 4.60. The standard InChI is InChI=1S/C25H27N5O6/c1-4-26-23(33)27-12-15-5-8-20-17(9-15)11-21(36-20)25(22(32)28-24(34)29-25)30(2)13-16-6-7-19(35-3)10-18(16)14-31/h5-11,14H,4,12-13H2,1-3H3,(H2,26,27,33)(H2,28,29,32,34). The highest BCUT2D eigenvalue weighted by molar-refractivity contribution is 6.07. The topological polar surface area (TPSA) is 142 Å². The van der Waals surface area contributed by atoms with Crippen molar-refractivity contribution in [2.45, 2.75) is 25.7 Å². The van der Waals surface area contributed by atoms with E-state index in [9.17, 15) is 19.2 Å². The van der Waals surface area contributed by atoms with Gasteiger partial charge >= 0.3 is 12.1 Å². The minimum absolute atomic E-state index is 0.143. The monoisotopic (exact) mass is 493 g/mol. The molecule has 0 saturated carbocycles. The number of imide groups is 1. The predicted octanol–water partition coefficient (Wildman–Crippen LogP) is 2.20. The zero-order valence-electron chi connectivity index (χ0n) is 20.1. The molecule has 11 nitrogen and oxygen atoms in total. The van der Waals surface area contributed by atoms with Gasteiger partial charge in [0.15, 0.2) is 12.0 Å². The first-order chi connectivity index (χ1) is 17.3. The number of hydrogen-bond donors (Lipinski definition) is 4. The van der Waals surface area contributed by atoms with Crippen LogP contribution in [0.3, 0.4) is 0 Å². The Morgan fingerprint density at radius 2 is 1.97 bits per heavy atom. The van der Waals surface area contributed by atoms with Crippen LogP contribution in [0.2, 0.25) is 0 Å². The molecule has 1 atom stereocenters. The van der Waals surface area contributed by atoms with Crippen molar-refractivity contribution in [2.24, 2.45) is 0 Å². The van der Waals surface area contributed by atoms with Gasteiger partial charge in [0.2, 0.25) is 5.66 Å². The molecule has 1 fully saturated rings. The van der Waals surface area contributed by atoms with Gasteiger partial charge in [-0.25, -0.2) is 9.59 Å². The number of benzene rings is 2. The molecule has 36 heavy (non-hydrogen) atoms. The number of ether oxygens (including phenoxy) is 1. The van der Waals surface area contributed by atoms with E-state index in [1.807, 2.05) is 13.0 Å². The number of urea groups is 2. The summed E-state index contributed by atoms with van der Waals surface area (Å²) >= 11 is 0. The molecule has 4 N–H and O–H groups in total. The third-order valence-corrected chi connectivity index (χ3v) is 6.04. The number of fused-ring (bicyclic) bond motifs is 1. The molecule has 2 heterocycles. The van der Waals surface area contributed by atoms with E-state index >= 15 is 0 Å². The largest absolute Gasteiger partial charge is 0.497 e. The average molecular weight is 494 g/mol. The van der Waals surface area contributed by atoms with Gasteiger partial charge in [0.1, 0.15) is 11.3 Å². The molecular formula is C25H27N5O6. The second kappa shape index (κ2) is 10.1. The Balaban J connectivity index is 1.67. The number of amides is 5. The van der Waals surface area contributed by atoms with Gasteiger partial charge in [0.05, 0.1) is 7.11 Å². The molecule has 11 heteroatoms. The fourth-order valence-corrected chi connectivity index (χ4v) is 4.19. The summed E-state index contributed by atoms with van der Waals surface area (Å²) in [5.74, 6) is 0.131. The van der Waals surface area contributed by atoms with E-state index in [0.717, 1.165) is 5.56 Å². The molecule has 1 aromatic heterocycles. The van der Waals surface area contributed by atoms with Gasteiger partial charge in [-0.15, -0.1) is 0 Å². The molecule has 4 rings (SSSR count). The summed E-state index contributed by atoms with van der Waals surface area (Å²) in [6, 6.07) is 11.2. The number of rotatable bonds is 9. The normalized spacial score (nSPS) is 17.1. The summed E-state index contributed by atoms with van der Waals surface area (Å²) in [6.45, 7) is 2.79. The van der Waals surface area contributed by atoms with Crippen LogP contribution in [-0.2, 0) is 23.5 Å². The molecule has 3 aromatic rings. The van der Waals surface area contributed by atoms with E-state index in [-0.39, 0.29) is 18.3 Å². The first-order valence-electron chi connectivity index (χ1n) is 11.3. The van der Waals surface area contributed by atoms with Crippen LogP contribution in [0, 0.1) is 0 Å². The molecular weight excluding hydrogens is 466 g/mol. The number of furan rings is 1. The van der Waals surface area contributed by atoms with Crippen LogP contribution in [-0.4, -0.2) is 49.9 Å². The lowest BCUT2D eigenvalue weighted by atomic mass is 10.0. The number of hydrogen-bond acceptors (Lipinski definition) is 7. The first-order valence-corrected chi connectivity index (χ1v) is 11.3. The number of nitrogens with one attached hydrogen (secondary N) is 4. The maximum atomic E-state index is 13.1. The zero-order chi connectivity index (χ0) is 25.9. The zero-order valence-corrected chi connectivity index (χ0v) is 20.1. The van der Waals surface area contributed by atoms with Gasteiger partial charge in [-0.2, -0.15) is 0 Å². The maximum absolute atomic E-state index is 13.1. The van der Waals surface area contributed by atoms with E-state index < -0.39 is 17.6 Å². The molecule has 0 aliphatic carbocycles. The van der Waals surface area contributed by atoms with Crippen LogP contribution in [0.15, 0.2) is 46.9 Å². The van der Waals surface area contributed by atoms with Gasteiger partial charge in [0.25, 0.3) is 5.91 Å². The van der Waals surface area contributed by atoms with Gasteiger partial charge in [-0.3, -0.25) is 19.8 Å². The van der Waals surface area contributed by atoms with E-state index in [1.54, 1.807) is 48.3 Å². The van der Waals surface area contributed by atoms with Gasteiger partial charge in [-0.1, -0.05) is 12.1 Å². The molecule has 188 valence electrons. The summed E-state index contributed by atoms with van der Waals surface area (Å²) in [5, 5.41) is 11.1. The van der Waals surface area contributed by atoms with E-state index in [1.165, 1.54) is 7.11 Å². The Morgan fingerprint density at radius 3 is 2.64 bits per heavy atom. The number of nitrogens with zero attached hydrogens (tertiary/aromatic N) is 1. The van der Waals surface area contributed by atoms with Crippen molar-refractivity contribution in [2.75, 3.05) is 20.7 Å². The SMILES string of the molecule is CCNC(=O)NCc1ccc2oc(C3(N(C)Cc4ccc(OC)cc4C=O)NC(=O)NC3=O)cc2c1. The molecule has 1 saturated heterocycles. The Morgan fingerprint density at radius 1 is 1.17 bits per heavy atom. The number of aldehydes is 1. The summed E-state index contributed by atoms with van der Waals surface area (Å²) in [5.41, 5.74) is 0.727.